The molecule has 1 aliphatic heterocycles. The van der Waals surface area contributed by atoms with Gasteiger partial charge in [-0.25, -0.2) is 0 Å². The van der Waals surface area contributed by atoms with Crippen LogP contribution in [-0.4, -0.2) is 34.3 Å². The van der Waals surface area contributed by atoms with E-state index in [4.69, 9.17) is 0 Å². The molecule has 0 radical (unpaired) electrons. The van der Waals surface area contributed by atoms with Crippen molar-refractivity contribution in [1.29, 1.82) is 0 Å². The van der Waals surface area contributed by atoms with Crippen molar-refractivity contribution in [1.82, 2.24) is 10.2 Å². The first-order valence-electron chi connectivity index (χ1n) is 7.91. The summed E-state index contributed by atoms with van der Waals surface area (Å²) in [6, 6.07) is -0.197. The van der Waals surface area contributed by atoms with Crippen LogP contribution in [0.2, 0.25) is 0 Å². The first-order chi connectivity index (χ1) is 9.26. The lowest BCUT2D eigenvalue weighted by Gasteiger charge is -2.47. The standard InChI is InChI=1S/C16H30N2O2/c1-7-9-12(5)18-13(10-11(3)4)14(19)17-16(6,8-2)15(18)20/h11-13H,7-10H2,1-6H3,(H,17,19). The Kier molecular flexibility index (Phi) is 5.60. The van der Waals surface area contributed by atoms with Gasteiger partial charge in [-0.15, -0.1) is 0 Å². The van der Waals surface area contributed by atoms with Gasteiger partial charge in [-0.3, -0.25) is 9.59 Å². The van der Waals surface area contributed by atoms with Crippen molar-refractivity contribution >= 4 is 11.8 Å². The van der Waals surface area contributed by atoms with E-state index in [1.807, 2.05) is 18.7 Å². The van der Waals surface area contributed by atoms with Crippen molar-refractivity contribution in [2.24, 2.45) is 5.92 Å². The normalized spacial score (nSPS) is 28.8. The van der Waals surface area contributed by atoms with E-state index in [2.05, 4.69) is 33.0 Å². The third kappa shape index (κ3) is 3.33. The van der Waals surface area contributed by atoms with E-state index in [0.717, 1.165) is 19.3 Å². The van der Waals surface area contributed by atoms with Gasteiger partial charge in [0.2, 0.25) is 11.8 Å². The molecule has 0 bridgehead atoms. The minimum absolute atomic E-state index is 0.00519. The lowest BCUT2D eigenvalue weighted by atomic mass is 9.87. The molecule has 1 N–H and O–H groups in total. The van der Waals surface area contributed by atoms with Gasteiger partial charge in [-0.05, 0) is 39.0 Å². The van der Waals surface area contributed by atoms with Crippen LogP contribution in [0.25, 0.3) is 0 Å². The lowest BCUT2D eigenvalue weighted by molar-refractivity contribution is -0.157. The topological polar surface area (TPSA) is 49.4 Å². The second-order valence-corrected chi connectivity index (χ2v) is 6.67. The van der Waals surface area contributed by atoms with E-state index in [1.54, 1.807) is 0 Å². The average Bonchev–Trinajstić information content (AvgIpc) is 2.36. The molecule has 1 aliphatic rings. The molecular weight excluding hydrogens is 252 g/mol. The highest BCUT2D eigenvalue weighted by Gasteiger charge is 2.48. The Morgan fingerprint density at radius 2 is 1.85 bits per heavy atom. The Hall–Kier alpha value is -1.06. The highest BCUT2D eigenvalue weighted by Crippen LogP contribution is 2.27. The van der Waals surface area contributed by atoms with Gasteiger partial charge in [0.25, 0.3) is 0 Å². The number of rotatable bonds is 6. The Labute approximate surface area is 123 Å². The molecule has 4 nitrogen and oxygen atoms in total. The van der Waals surface area contributed by atoms with Crippen LogP contribution in [-0.2, 0) is 9.59 Å². The molecule has 116 valence electrons. The summed E-state index contributed by atoms with van der Waals surface area (Å²) in [5, 5.41) is 2.94. The molecule has 2 amide bonds. The molecule has 0 spiro atoms. The van der Waals surface area contributed by atoms with Crippen LogP contribution in [0.1, 0.15) is 67.2 Å². The van der Waals surface area contributed by atoms with Gasteiger partial charge in [0.15, 0.2) is 0 Å². The van der Waals surface area contributed by atoms with Crippen LogP contribution in [0.15, 0.2) is 0 Å². The van der Waals surface area contributed by atoms with Crippen LogP contribution in [0.4, 0.5) is 0 Å². The van der Waals surface area contributed by atoms with Gasteiger partial charge in [0.1, 0.15) is 11.6 Å². The van der Waals surface area contributed by atoms with Crippen molar-refractivity contribution < 1.29 is 9.59 Å². The van der Waals surface area contributed by atoms with Crippen molar-refractivity contribution in [3.63, 3.8) is 0 Å². The average molecular weight is 282 g/mol. The summed E-state index contributed by atoms with van der Waals surface area (Å²) in [5.41, 5.74) is -0.743. The summed E-state index contributed by atoms with van der Waals surface area (Å²) in [6.07, 6.45) is 3.31. The smallest absolute Gasteiger partial charge is 0.248 e. The summed E-state index contributed by atoms with van der Waals surface area (Å²) >= 11 is 0. The predicted octanol–water partition coefficient (Wildman–Crippen LogP) is 2.72. The number of amides is 2. The van der Waals surface area contributed by atoms with E-state index in [0.29, 0.717) is 12.3 Å². The number of carbonyl (C=O) groups excluding carboxylic acids is 2. The molecule has 0 aliphatic carbocycles. The SMILES string of the molecule is CCCC(C)N1C(=O)C(C)(CC)NC(=O)C1CC(C)C. The van der Waals surface area contributed by atoms with E-state index >= 15 is 0 Å². The summed E-state index contributed by atoms with van der Waals surface area (Å²) in [4.78, 5) is 27.2. The minimum atomic E-state index is -0.743. The van der Waals surface area contributed by atoms with Gasteiger partial charge in [0.05, 0.1) is 0 Å². The molecule has 1 saturated heterocycles. The van der Waals surface area contributed by atoms with Crippen molar-refractivity contribution in [2.75, 3.05) is 0 Å². The third-order valence-corrected chi connectivity index (χ3v) is 4.33. The third-order valence-electron chi connectivity index (χ3n) is 4.33. The zero-order chi connectivity index (χ0) is 15.5. The zero-order valence-electron chi connectivity index (χ0n) is 13.8. The fourth-order valence-electron chi connectivity index (χ4n) is 2.93. The first-order valence-corrected chi connectivity index (χ1v) is 7.91. The highest BCUT2D eigenvalue weighted by molar-refractivity contribution is 5.99. The molecule has 0 aromatic heterocycles. The summed E-state index contributed by atoms with van der Waals surface area (Å²) in [6.45, 7) is 12.1. The van der Waals surface area contributed by atoms with Gasteiger partial charge in [-0.1, -0.05) is 34.1 Å². The van der Waals surface area contributed by atoms with Crippen LogP contribution in [0.5, 0.6) is 0 Å². The monoisotopic (exact) mass is 282 g/mol. The van der Waals surface area contributed by atoms with Crippen LogP contribution in [0, 0.1) is 5.92 Å². The minimum Gasteiger partial charge on any atom is -0.340 e. The quantitative estimate of drug-likeness (QED) is 0.814. The fourth-order valence-corrected chi connectivity index (χ4v) is 2.93. The second-order valence-electron chi connectivity index (χ2n) is 6.67. The molecule has 1 fully saturated rings. The Bertz CT molecular complexity index is 367. The number of hydrogen-bond acceptors (Lipinski definition) is 2. The Morgan fingerprint density at radius 3 is 2.30 bits per heavy atom. The summed E-state index contributed by atoms with van der Waals surface area (Å²) in [5.74, 6) is 0.470. The van der Waals surface area contributed by atoms with Gasteiger partial charge in [-0.2, -0.15) is 0 Å². The first kappa shape index (κ1) is 17.0. The molecule has 0 aromatic rings. The molecule has 3 unspecified atom stereocenters. The maximum absolute atomic E-state index is 12.8. The van der Waals surface area contributed by atoms with E-state index in [9.17, 15) is 9.59 Å². The molecule has 1 heterocycles. The zero-order valence-corrected chi connectivity index (χ0v) is 13.8. The van der Waals surface area contributed by atoms with Crippen molar-refractivity contribution in [2.45, 2.75) is 84.8 Å². The molecule has 1 rings (SSSR count). The molecule has 0 saturated carbocycles. The summed E-state index contributed by atoms with van der Waals surface area (Å²) in [7, 11) is 0. The van der Waals surface area contributed by atoms with Gasteiger partial charge >= 0.3 is 0 Å². The highest BCUT2D eigenvalue weighted by atomic mass is 16.2. The largest absolute Gasteiger partial charge is 0.340 e. The van der Waals surface area contributed by atoms with E-state index < -0.39 is 5.54 Å². The van der Waals surface area contributed by atoms with Crippen LogP contribution in [0.3, 0.4) is 0 Å². The fraction of sp³-hybridized carbons (Fsp3) is 0.875. The number of carbonyl (C=O) groups is 2. The van der Waals surface area contributed by atoms with Crippen molar-refractivity contribution in [3.8, 4) is 0 Å². The van der Waals surface area contributed by atoms with Crippen LogP contribution < -0.4 is 5.32 Å². The summed E-state index contributed by atoms with van der Waals surface area (Å²) < 4.78 is 0. The second kappa shape index (κ2) is 6.59. The maximum Gasteiger partial charge on any atom is 0.248 e. The van der Waals surface area contributed by atoms with Gasteiger partial charge < -0.3 is 10.2 Å². The molecular formula is C16H30N2O2. The number of nitrogens with zero attached hydrogens (tertiary/aromatic N) is 1. The maximum atomic E-state index is 12.8. The lowest BCUT2D eigenvalue weighted by Crippen LogP contribution is -2.70. The number of hydrogen-bond donors (Lipinski definition) is 1. The molecule has 20 heavy (non-hydrogen) atoms. The molecule has 3 atom stereocenters. The Balaban J connectivity index is 3.09. The predicted molar refractivity (Wildman–Crippen MR) is 81.3 cm³/mol. The number of nitrogens with one attached hydrogen (secondary N) is 1. The van der Waals surface area contributed by atoms with Crippen LogP contribution >= 0.6 is 0 Å². The number of piperazine rings is 1. The van der Waals surface area contributed by atoms with Crippen molar-refractivity contribution in [3.05, 3.63) is 0 Å². The molecule has 4 heteroatoms. The van der Waals surface area contributed by atoms with E-state index in [1.165, 1.54) is 0 Å². The Morgan fingerprint density at radius 1 is 1.25 bits per heavy atom. The van der Waals surface area contributed by atoms with E-state index in [-0.39, 0.29) is 23.9 Å². The van der Waals surface area contributed by atoms with Gasteiger partial charge in [0, 0.05) is 6.04 Å². The molecule has 0 aromatic carbocycles.